The van der Waals surface area contributed by atoms with Gasteiger partial charge in [0.1, 0.15) is 24.4 Å². The van der Waals surface area contributed by atoms with Crippen LogP contribution in [0, 0.1) is 0 Å². The van der Waals surface area contributed by atoms with Crippen molar-refractivity contribution in [3.63, 3.8) is 0 Å². The van der Waals surface area contributed by atoms with Crippen molar-refractivity contribution in [2.45, 2.75) is 37.6 Å². The summed E-state index contributed by atoms with van der Waals surface area (Å²) in [5.41, 5.74) is 0. The van der Waals surface area contributed by atoms with E-state index in [1.54, 1.807) is 6.92 Å². The second-order valence-electron chi connectivity index (χ2n) is 3.15. The summed E-state index contributed by atoms with van der Waals surface area (Å²) in [6.45, 7) is 1.58. The largest absolute Gasteiger partial charge is 0.394 e. The molecule has 0 spiro atoms. The van der Waals surface area contributed by atoms with Crippen molar-refractivity contribution in [1.82, 2.24) is 0 Å². The number of rotatable bonds is 3. The Balaban J connectivity index is 2.63. The van der Waals surface area contributed by atoms with Crippen molar-refractivity contribution in [3.8, 4) is 0 Å². The zero-order valence-electron chi connectivity index (χ0n) is 7.91. The van der Waals surface area contributed by atoms with Gasteiger partial charge in [-0.05, 0) is 6.92 Å². The van der Waals surface area contributed by atoms with Crippen molar-refractivity contribution >= 4 is 0 Å². The minimum atomic E-state index is -1.36. The van der Waals surface area contributed by atoms with Crippen LogP contribution >= 0.6 is 0 Å². The Bertz CT molecular complexity index is 171. The third kappa shape index (κ3) is 2.22. The molecule has 6 heteroatoms. The molecule has 5 atom stereocenters. The lowest BCUT2D eigenvalue weighted by Crippen LogP contribution is -2.59. The molecule has 0 aliphatic carbocycles. The maximum Gasteiger partial charge on any atom is 0.186 e. The van der Waals surface area contributed by atoms with Crippen LogP contribution in [0.1, 0.15) is 6.92 Å². The fraction of sp³-hybridized carbons (Fsp3) is 1.00. The molecule has 84 valence electrons. The molecule has 0 aromatic rings. The van der Waals surface area contributed by atoms with Gasteiger partial charge in [-0.25, -0.2) is 0 Å². The van der Waals surface area contributed by atoms with Crippen LogP contribution < -0.4 is 0 Å². The first-order valence-corrected chi connectivity index (χ1v) is 4.54. The molecule has 1 heterocycles. The molecular formula is C8H16O6. The topological polar surface area (TPSA) is 99.4 Å². The fourth-order valence-electron chi connectivity index (χ4n) is 1.37. The first-order valence-electron chi connectivity index (χ1n) is 4.54. The number of hydrogen-bond acceptors (Lipinski definition) is 6. The van der Waals surface area contributed by atoms with E-state index in [1.807, 2.05) is 0 Å². The molecule has 4 N–H and O–H groups in total. The summed E-state index contributed by atoms with van der Waals surface area (Å²) < 4.78 is 10.0. The van der Waals surface area contributed by atoms with Gasteiger partial charge in [0, 0.05) is 6.61 Å². The average Bonchev–Trinajstić information content (AvgIpc) is 2.19. The van der Waals surface area contributed by atoms with Gasteiger partial charge in [-0.2, -0.15) is 0 Å². The highest BCUT2D eigenvalue weighted by atomic mass is 16.7. The zero-order chi connectivity index (χ0) is 10.7. The van der Waals surface area contributed by atoms with Gasteiger partial charge in [0.05, 0.1) is 6.61 Å². The van der Waals surface area contributed by atoms with Crippen LogP contribution in [0.3, 0.4) is 0 Å². The quantitative estimate of drug-likeness (QED) is 0.421. The molecule has 6 nitrogen and oxygen atoms in total. The lowest BCUT2D eigenvalue weighted by atomic mass is 9.99. The maximum absolute atomic E-state index is 9.41. The fourth-order valence-corrected chi connectivity index (χ4v) is 1.37. The summed E-state index contributed by atoms with van der Waals surface area (Å²) in [5.74, 6) is 0. The van der Waals surface area contributed by atoms with Crippen molar-refractivity contribution in [3.05, 3.63) is 0 Å². The summed E-state index contributed by atoms with van der Waals surface area (Å²) in [6.07, 6.45) is -5.89. The van der Waals surface area contributed by atoms with Gasteiger partial charge in [0.15, 0.2) is 6.29 Å². The highest BCUT2D eigenvalue weighted by Gasteiger charge is 2.43. The Morgan fingerprint density at radius 2 is 1.79 bits per heavy atom. The number of aliphatic hydroxyl groups excluding tert-OH is 4. The van der Waals surface area contributed by atoms with E-state index in [1.165, 1.54) is 0 Å². The summed E-state index contributed by atoms with van der Waals surface area (Å²) in [7, 11) is 0. The van der Waals surface area contributed by atoms with Gasteiger partial charge >= 0.3 is 0 Å². The average molecular weight is 208 g/mol. The molecule has 0 amide bonds. The third-order valence-electron chi connectivity index (χ3n) is 2.18. The first kappa shape index (κ1) is 11.8. The van der Waals surface area contributed by atoms with Gasteiger partial charge in [-0.15, -0.1) is 0 Å². The maximum atomic E-state index is 9.41. The smallest absolute Gasteiger partial charge is 0.186 e. The number of ether oxygens (including phenoxy) is 2. The van der Waals surface area contributed by atoms with E-state index in [9.17, 15) is 15.3 Å². The van der Waals surface area contributed by atoms with Gasteiger partial charge in [0.2, 0.25) is 0 Å². The highest BCUT2D eigenvalue weighted by molar-refractivity contribution is 4.88. The van der Waals surface area contributed by atoms with Crippen molar-refractivity contribution in [2.75, 3.05) is 13.2 Å². The standard InChI is InChI=1S/C8H16O6/c1-2-13-8-7(12)6(11)5(10)4(3-9)14-8/h4-12H,2-3H2,1H3/t4-,5-,6-,7+,8+/m1/s1. The van der Waals surface area contributed by atoms with Crippen LogP contribution in [-0.2, 0) is 9.47 Å². The van der Waals surface area contributed by atoms with Crippen LogP contribution in [0.4, 0.5) is 0 Å². The lowest BCUT2D eigenvalue weighted by molar-refractivity contribution is -0.300. The predicted molar refractivity (Wildman–Crippen MR) is 45.4 cm³/mol. The van der Waals surface area contributed by atoms with Gasteiger partial charge in [-0.3, -0.25) is 0 Å². The first-order chi connectivity index (χ1) is 6.61. The molecule has 1 aliphatic rings. The Kier molecular flexibility index (Phi) is 4.24. The van der Waals surface area contributed by atoms with Crippen LogP contribution in [0.25, 0.3) is 0 Å². The van der Waals surface area contributed by atoms with Crippen LogP contribution in [0.5, 0.6) is 0 Å². The van der Waals surface area contributed by atoms with E-state index in [2.05, 4.69) is 0 Å². The molecular weight excluding hydrogens is 192 g/mol. The zero-order valence-corrected chi connectivity index (χ0v) is 7.91. The molecule has 0 radical (unpaired) electrons. The van der Waals surface area contributed by atoms with Crippen LogP contribution in [0.2, 0.25) is 0 Å². The van der Waals surface area contributed by atoms with Crippen molar-refractivity contribution in [1.29, 1.82) is 0 Å². The van der Waals surface area contributed by atoms with E-state index in [-0.39, 0.29) is 0 Å². The number of aliphatic hydroxyl groups is 4. The molecule has 0 bridgehead atoms. The molecule has 0 aromatic carbocycles. The predicted octanol–water partition coefficient (Wildman–Crippen LogP) is -2.18. The molecule has 1 aliphatic heterocycles. The van der Waals surface area contributed by atoms with E-state index in [0.29, 0.717) is 6.61 Å². The van der Waals surface area contributed by atoms with Crippen LogP contribution in [-0.4, -0.2) is 64.3 Å². The summed E-state index contributed by atoms with van der Waals surface area (Å²) >= 11 is 0. The summed E-state index contributed by atoms with van der Waals surface area (Å²) in [4.78, 5) is 0. The second kappa shape index (κ2) is 5.01. The monoisotopic (exact) mass is 208 g/mol. The van der Waals surface area contributed by atoms with E-state index < -0.39 is 37.3 Å². The SMILES string of the molecule is CCO[C@H]1O[C@H](CO)[C@@H](O)[C@@H](O)[C@@H]1O. The third-order valence-corrected chi connectivity index (χ3v) is 2.18. The van der Waals surface area contributed by atoms with Gasteiger partial charge in [-0.1, -0.05) is 0 Å². The molecule has 1 saturated heterocycles. The Hall–Kier alpha value is -0.240. The van der Waals surface area contributed by atoms with E-state index in [4.69, 9.17) is 14.6 Å². The Morgan fingerprint density at radius 3 is 2.29 bits per heavy atom. The second-order valence-corrected chi connectivity index (χ2v) is 3.15. The lowest BCUT2D eigenvalue weighted by Gasteiger charge is -2.39. The minimum absolute atomic E-state index is 0.308. The van der Waals surface area contributed by atoms with Gasteiger partial charge < -0.3 is 29.9 Å². The molecule has 14 heavy (non-hydrogen) atoms. The van der Waals surface area contributed by atoms with Gasteiger partial charge in [0.25, 0.3) is 0 Å². The molecule has 0 saturated carbocycles. The summed E-state index contributed by atoms with van der Waals surface area (Å²) in [5, 5.41) is 36.9. The minimum Gasteiger partial charge on any atom is -0.394 e. The van der Waals surface area contributed by atoms with E-state index >= 15 is 0 Å². The number of hydrogen-bond donors (Lipinski definition) is 4. The van der Waals surface area contributed by atoms with Crippen molar-refractivity contribution < 1.29 is 29.9 Å². The van der Waals surface area contributed by atoms with Crippen LogP contribution in [0.15, 0.2) is 0 Å². The highest BCUT2D eigenvalue weighted by Crippen LogP contribution is 2.21. The molecule has 0 unspecified atom stereocenters. The molecule has 1 rings (SSSR count). The van der Waals surface area contributed by atoms with Crippen molar-refractivity contribution in [2.24, 2.45) is 0 Å². The molecule has 0 aromatic heterocycles. The Labute approximate surface area is 81.7 Å². The molecule has 1 fully saturated rings. The van der Waals surface area contributed by atoms with E-state index in [0.717, 1.165) is 0 Å². The Morgan fingerprint density at radius 1 is 1.14 bits per heavy atom. The summed E-state index contributed by atoms with van der Waals surface area (Å²) in [6, 6.07) is 0. The normalized spacial score (nSPS) is 43.9.